The van der Waals surface area contributed by atoms with E-state index in [-0.39, 0.29) is 17.1 Å². The number of primary amides is 1. The fourth-order valence-electron chi connectivity index (χ4n) is 2.56. The third-order valence-corrected chi connectivity index (χ3v) is 5.05. The third-order valence-electron chi connectivity index (χ3n) is 4.07. The van der Waals surface area contributed by atoms with Crippen LogP contribution < -0.4 is 5.73 Å². The maximum absolute atomic E-state index is 12.2. The van der Waals surface area contributed by atoms with Crippen LogP contribution in [0.4, 0.5) is 0 Å². The molecule has 0 saturated heterocycles. The quantitative estimate of drug-likeness (QED) is 0.507. The summed E-state index contributed by atoms with van der Waals surface area (Å²) in [5.41, 5.74) is 7.30. The number of tetrazole rings is 1. The van der Waals surface area contributed by atoms with Crippen LogP contribution in [0.1, 0.15) is 32.7 Å². The van der Waals surface area contributed by atoms with Crippen molar-refractivity contribution >= 4 is 29.4 Å². The van der Waals surface area contributed by atoms with Gasteiger partial charge in [0.2, 0.25) is 11.1 Å². The standard InChI is InChI=1S/C19H17N5O4S/c20-17(26)14-3-1-2-12(10-14)4-9-16(25)11-29-19-21-22-23-24(19)15-7-5-13(6-8-15)18(27)28/h1-3,5-8,10H,4,9,11H2,(H2,20,26)(H,27,28). The molecule has 0 aliphatic carbocycles. The van der Waals surface area contributed by atoms with E-state index in [2.05, 4.69) is 15.5 Å². The number of carbonyl (C=O) groups excluding carboxylic acids is 2. The van der Waals surface area contributed by atoms with Crippen molar-refractivity contribution in [2.24, 2.45) is 5.73 Å². The fourth-order valence-corrected chi connectivity index (χ4v) is 3.35. The number of hydrogen-bond donors (Lipinski definition) is 2. The summed E-state index contributed by atoms with van der Waals surface area (Å²) in [6.45, 7) is 0. The minimum absolute atomic E-state index is 0.00949. The summed E-state index contributed by atoms with van der Waals surface area (Å²) < 4.78 is 1.44. The molecule has 10 heteroatoms. The van der Waals surface area contributed by atoms with Crippen LogP contribution in [0.25, 0.3) is 5.69 Å². The molecule has 0 bridgehead atoms. The number of thioether (sulfide) groups is 1. The predicted octanol–water partition coefficient (Wildman–Crippen LogP) is 1.75. The molecule has 0 unspecified atom stereocenters. The maximum Gasteiger partial charge on any atom is 0.335 e. The Kier molecular flexibility index (Phi) is 6.35. The number of Topliss-reactive ketones (excluding diaryl/α,β-unsaturated/α-hetero) is 1. The van der Waals surface area contributed by atoms with E-state index in [9.17, 15) is 14.4 Å². The maximum atomic E-state index is 12.2. The molecule has 29 heavy (non-hydrogen) atoms. The number of carboxylic acid groups (broad SMARTS) is 1. The number of carboxylic acids is 1. The van der Waals surface area contributed by atoms with Gasteiger partial charge in [-0.25, -0.2) is 4.79 Å². The van der Waals surface area contributed by atoms with Crippen molar-refractivity contribution in [3.05, 3.63) is 65.2 Å². The Balaban J connectivity index is 1.57. The largest absolute Gasteiger partial charge is 0.478 e. The molecule has 0 radical (unpaired) electrons. The first-order valence-corrected chi connectivity index (χ1v) is 9.58. The molecule has 1 heterocycles. The van der Waals surface area contributed by atoms with Crippen LogP contribution in [0.3, 0.4) is 0 Å². The molecule has 3 aromatic rings. The molecule has 0 fully saturated rings. The van der Waals surface area contributed by atoms with Gasteiger partial charge in [-0.2, -0.15) is 4.68 Å². The van der Waals surface area contributed by atoms with E-state index in [4.69, 9.17) is 10.8 Å². The number of aromatic nitrogens is 4. The van der Waals surface area contributed by atoms with Crippen molar-refractivity contribution < 1.29 is 19.5 Å². The second kappa shape index (κ2) is 9.11. The second-order valence-corrected chi connectivity index (χ2v) is 7.06. The number of nitrogens with zero attached hydrogens (tertiary/aromatic N) is 4. The Morgan fingerprint density at radius 3 is 2.52 bits per heavy atom. The molecule has 1 amide bonds. The number of aromatic carboxylic acids is 1. The molecule has 0 aliphatic rings. The van der Waals surface area contributed by atoms with E-state index in [0.717, 1.165) is 5.56 Å². The number of rotatable bonds is 9. The van der Waals surface area contributed by atoms with Gasteiger partial charge in [0.05, 0.1) is 17.0 Å². The van der Waals surface area contributed by atoms with Crippen LogP contribution >= 0.6 is 11.8 Å². The van der Waals surface area contributed by atoms with E-state index in [0.29, 0.717) is 29.2 Å². The first-order valence-electron chi connectivity index (χ1n) is 8.59. The van der Waals surface area contributed by atoms with Gasteiger partial charge in [0.15, 0.2) is 0 Å². The highest BCUT2D eigenvalue weighted by molar-refractivity contribution is 7.99. The Hall–Kier alpha value is -3.53. The van der Waals surface area contributed by atoms with Gasteiger partial charge in [-0.15, -0.1) is 5.10 Å². The molecular formula is C19H17N5O4S. The second-order valence-electron chi connectivity index (χ2n) is 6.12. The summed E-state index contributed by atoms with van der Waals surface area (Å²) in [6.07, 6.45) is 0.812. The Morgan fingerprint density at radius 1 is 1.07 bits per heavy atom. The average molecular weight is 411 g/mol. The highest BCUT2D eigenvalue weighted by Crippen LogP contribution is 2.19. The summed E-state index contributed by atoms with van der Waals surface area (Å²) in [6, 6.07) is 13.0. The van der Waals surface area contributed by atoms with E-state index in [1.807, 2.05) is 6.07 Å². The van der Waals surface area contributed by atoms with Crippen LogP contribution in [0.5, 0.6) is 0 Å². The van der Waals surface area contributed by atoms with Gasteiger partial charge in [-0.3, -0.25) is 9.59 Å². The van der Waals surface area contributed by atoms with Gasteiger partial charge in [0, 0.05) is 12.0 Å². The van der Waals surface area contributed by atoms with Gasteiger partial charge in [0.25, 0.3) is 0 Å². The smallest absolute Gasteiger partial charge is 0.335 e. The van der Waals surface area contributed by atoms with Crippen LogP contribution in [-0.2, 0) is 11.2 Å². The van der Waals surface area contributed by atoms with Crippen molar-refractivity contribution in [1.82, 2.24) is 20.2 Å². The lowest BCUT2D eigenvalue weighted by Crippen LogP contribution is -2.11. The lowest BCUT2D eigenvalue weighted by molar-refractivity contribution is -0.116. The van der Waals surface area contributed by atoms with E-state index >= 15 is 0 Å². The Bertz CT molecular complexity index is 1050. The van der Waals surface area contributed by atoms with Crippen LogP contribution in [0.2, 0.25) is 0 Å². The zero-order valence-electron chi connectivity index (χ0n) is 15.2. The molecule has 3 rings (SSSR count). The molecule has 1 aromatic heterocycles. The monoisotopic (exact) mass is 411 g/mol. The molecule has 2 aromatic carbocycles. The molecule has 9 nitrogen and oxygen atoms in total. The van der Waals surface area contributed by atoms with Crippen molar-refractivity contribution in [3.63, 3.8) is 0 Å². The van der Waals surface area contributed by atoms with Crippen LogP contribution in [-0.4, -0.2) is 48.7 Å². The van der Waals surface area contributed by atoms with Gasteiger partial charge in [-0.1, -0.05) is 23.9 Å². The first kappa shape index (κ1) is 20.2. The van der Waals surface area contributed by atoms with Gasteiger partial charge in [-0.05, 0) is 58.8 Å². The van der Waals surface area contributed by atoms with E-state index < -0.39 is 11.9 Å². The zero-order chi connectivity index (χ0) is 20.8. The highest BCUT2D eigenvalue weighted by atomic mass is 32.2. The van der Waals surface area contributed by atoms with Crippen LogP contribution in [0, 0.1) is 0 Å². The summed E-state index contributed by atoms with van der Waals surface area (Å²) in [7, 11) is 0. The van der Waals surface area contributed by atoms with Crippen molar-refractivity contribution in [2.75, 3.05) is 5.75 Å². The highest BCUT2D eigenvalue weighted by Gasteiger charge is 2.13. The molecule has 0 spiro atoms. The zero-order valence-corrected chi connectivity index (χ0v) is 16.0. The molecule has 0 aliphatic heterocycles. The molecular weight excluding hydrogens is 394 g/mol. The van der Waals surface area contributed by atoms with Gasteiger partial charge < -0.3 is 10.8 Å². The third kappa shape index (κ3) is 5.26. The number of aryl methyl sites for hydroxylation is 1. The van der Waals surface area contributed by atoms with Gasteiger partial charge in [0.1, 0.15) is 5.78 Å². The summed E-state index contributed by atoms with van der Waals surface area (Å²) in [4.78, 5) is 34.4. The number of carbonyl (C=O) groups is 3. The number of ketones is 1. The minimum atomic E-state index is -1.02. The van der Waals surface area contributed by atoms with E-state index in [1.165, 1.54) is 28.6 Å². The molecule has 0 atom stereocenters. The lowest BCUT2D eigenvalue weighted by Gasteiger charge is -2.05. The average Bonchev–Trinajstić information content (AvgIpc) is 3.19. The number of benzene rings is 2. The topological polar surface area (TPSA) is 141 Å². The lowest BCUT2D eigenvalue weighted by atomic mass is 10.1. The molecule has 3 N–H and O–H groups in total. The number of nitrogens with two attached hydrogens (primary N) is 1. The molecule has 148 valence electrons. The van der Waals surface area contributed by atoms with Gasteiger partial charge >= 0.3 is 5.97 Å². The number of hydrogen-bond acceptors (Lipinski definition) is 7. The first-order chi connectivity index (χ1) is 13.9. The van der Waals surface area contributed by atoms with Crippen molar-refractivity contribution in [3.8, 4) is 5.69 Å². The predicted molar refractivity (Wildman–Crippen MR) is 105 cm³/mol. The normalized spacial score (nSPS) is 10.6. The number of amides is 1. The molecule has 0 saturated carbocycles. The SMILES string of the molecule is NC(=O)c1cccc(CCC(=O)CSc2nnnn2-c2ccc(C(=O)O)cc2)c1. The summed E-state index contributed by atoms with van der Waals surface area (Å²) in [5, 5.41) is 20.8. The Labute approximate surface area is 169 Å². The fraction of sp³-hybridized carbons (Fsp3) is 0.158. The van der Waals surface area contributed by atoms with Crippen LogP contribution in [0.15, 0.2) is 53.7 Å². The Morgan fingerprint density at radius 2 is 1.83 bits per heavy atom. The summed E-state index contributed by atoms with van der Waals surface area (Å²) in [5.74, 6) is -1.33. The summed E-state index contributed by atoms with van der Waals surface area (Å²) >= 11 is 1.20. The van der Waals surface area contributed by atoms with Crippen molar-refractivity contribution in [2.45, 2.75) is 18.0 Å². The van der Waals surface area contributed by atoms with Crippen molar-refractivity contribution in [1.29, 1.82) is 0 Å². The minimum Gasteiger partial charge on any atom is -0.478 e. The van der Waals surface area contributed by atoms with E-state index in [1.54, 1.807) is 30.3 Å².